The van der Waals surface area contributed by atoms with Gasteiger partial charge in [0.2, 0.25) is 5.82 Å². The molecule has 3 aromatic rings. The highest BCUT2D eigenvalue weighted by atomic mass is 16.5. The minimum absolute atomic E-state index is 0.218. The fourth-order valence-electron chi connectivity index (χ4n) is 1.76. The largest absolute Gasteiger partial charge is 0.461 e. The second-order valence-corrected chi connectivity index (χ2v) is 4.34. The molecule has 0 aliphatic carbocycles. The summed E-state index contributed by atoms with van der Waals surface area (Å²) in [6.45, 7) is 2.30. The van der Waals surface area contributed by atoms with Crippen LogP contribution in [-0.4, -0.2) is 37.1 Å². The zero-order valence-corrected chi connectivity index (χ0v) is 11.4. The van der Waals surface area contributed by atoms with Gasteiger partial charge in [0.25, 0.3) is 5.78 Å². The van der Waals surface area contributed by atoms with Gasteiger partial charge in [0.1, 0.15) is 5.69 Å². The molecule has 0 saturated carbocycles. The molecule has 3 rings (SSSR count). The molecule has 0 amide bonds. The fourth-order valence-corrected chi connectivity index (χ4v) is 1.76. The van der Waals surface area contributed by atoms with Crippen LogP contribution >= 0.6 is 0 Å². The van der Waals surface area contributed by atoms with E-state index in [2.05, 4.69) is 20.1 Å². The van der Waals surface area contributed by atoms with Crippen LogP contribution in [0.3, 0.4) is 0 Å². The summed E-state index contributed by atoms with van der Waals surface area (Å²) in [6.07, 6.45) is 4.06. The van der Waals surface area contributed by atoms with Crippen molar-refractivity contribution in [1.82, 2.24) is 24.6 Å². The first kappa shape index (κ1) is 13.2. The highest BCUT2D eigenvalue weighted by molar-refractivity contribution is 5.87. The third-order valence-electron chi connectivity index (χ3n) is 2.75. The minimum Gasteiger partial charge on any atom is -0.461 e. The Kier molecular flexibility index (Phi) is 3.55. The summed E-state index contributed by atoms with van der Waals surface area (Å²) in [4.78, 5) is 24.4. The third kappa shape index (κ3) is 2.71. The quantitative estimate of drug-likeness (QED) is 0.678. The van der Waals surface area contributed by atoms with Crippen LogP contribution in [0, 0.1) is 0 Å². The lowest BCUT2D eigenvalue weighted by molar-refractivity contribution is 0.0498. The second-order valence-electron chi connectivity index (χ2n) is 4.34. The van der Waals surface area contributed by atoms with Crippen LogP contribution in [-0.2, 0) is 4.74 Å². The number of carbonyl (C=O) groups excluding carboxylic acids is 1. The lowest BCUT2D eigenvalue weighted by Gasteiger charge is -2.01. The Balaban J connectivity index is 1.94. The monoisotopic (exact) mass is 283 g/mol. The molecule has 7 heteroatoms. The maximum absolute atomic E-state index is 11.8. The Bertz CT molecular complexity index is 769. The number of carbonyl (C=O) groups is 1. The summed E-state index contributed by atoms with van der Waals surface area (Å²) in [5.41, 5.74) is 0.869. The Labute approximate surface area is 120 Å². The van der Waals surface area contributed by atoms with Crippen LogP contribution in [0.2, 0.25) is 0 Å². The van der Waals surface area contributed by atoms with Crippen LogP contribution in [0.5, 0.6) is 0 Å². The normalized spacial score (nSPS) is 10.7. The van der Waals surface area contributed by atoms with Gasteiger partial charge in [-0.2, -0.15) is 4.98 Å². The molecule has 0 unspecified atom stereocenters. The van der Waals surface area contributed by atoms with E-state index < -0.39 is 5.97 Å². The zero-order valence-electron chi connectivity index (χ0n) is 11.4. The summed E-state index contributed by atoms with van der Waals surface area (Å²) >= 11 is 0. The Morgan fingerprint density at radius 2 is 2.19 bits per heavy atom. The summed E-state index contributed by atoms with van der Waals surface area (Å²) < 4.78 is 6.55. The number of fused-ring (bicyclic) bond motifs is 1. The van der Waals surface area contributed by atoms with Crippen LogP contribution in [0.1, 0.15) is 23.8 Å². The molecule has 0 bridgehead atoms. The first-order valence-corrected chi connectivity index (χ1v) is 6.60. The van der Waals surface area contributed by atoms with E-state index >= 15 is 0 Å². The lowest BCUT2D eigenvalue weighted by Crippen LogP contribution is -2.09. The smallest absolute Gasteiger partial charge is 0.357 e. The summed E-state index contributed by atoms with van der Waals surface area (Å²) in [5.74, 6) is 0.338. The van der Waals surface area contributed by atoms with Gasteiger partial charge >= 0.3 is 5.97 Å². The van der Waals surface area contributed by atoms with E-state index in [1.807, 2.05) is 25.1 Å². The average molecular weight is 283 g/mol. The maximum atomic E-state index is 11.8. The topological polar surface area (TPSA) is 82.3 Å². The summed E-state index contributed by atoms with van der Waals surface area (Å²) in [7, 11) is 0. The molecule has 0 radical (unpaired) electrons. The number of rotatable bonds is 4. The molecule has 0 saturated heterocycles. The van der Waals surface area contributed by atoms with Gasteiger partial charge in [0.05, 0.1) is 6.61 Å². The molecule has 7 nitrogen and oxygen atoms in total. The molecule has 106 valence electrons. The van der Waals surface area contributed by atoms with Gasteiger partial charge in [-0.1, -0.05) is 13.0 Å². The van der Waals surface area contributed by atoms with Crippen LogP contribution in [0.4, 0.5) is 0 Å². The van der Waals surface area contributed by atoms with E-state index in [-0.39, 0.29) is 5.69 Å². The molecule has 21 heavy (non-hydrogen) atoms. The summed E-state index contributed by atoms with van der Waals surface area (Å²) in [5, 5.41) is 4.27. The van der Waals surface area contributed by atoms with E-state index in [0.29, 0.717) is 23.9 Å². The maximum Gasteiger partial charge on any atom is 0.357 e. The van der Waals surface area contributed by atoms with Gasteiger partial charge in [0.15, 0.2) is 5.69 Å². The Morgan fingerprint density at radius 1 is 1.29 bits per heavy atom. The summed E-state index contributed by atoms with van der Waals surface area (Å²) in [6, 6.07) is 7.04. The van der Waals surface area contributed by atoms with Crippen molar-refractivity contribution in [2.75, 3.05) is 6.61 Å². The van der Waals surface area contributed by atoms with Crippen molar-refractivity contribution >= 4 is 11.7 Å². The standard InChI is InChI=1S/C14H13N5O2/c1-2-9-21-13(20)11-6-8-19-14(16-11)17-12(18-19)10-5-3-4-7-15-10/h3-8H,2,9H2,1H3. The van der Waals surface area contributed by atoms with Gasteiger partial charge in [0, 0.05) is 12.4 Å². The molecule has 0 aliphatic rings. The Hall–Kier alpha value is -2.83. The molecule has 3 heterocycles. The fraction of sp³-hybridized carbons (Fsp3) is 0.214. The van der Waals surface area contributed by atoms with Crippen molar-refractivity contribution < 1.29 is 9.53 Å². The van der Waals surface area contributed by atoms with E-state index in [4.69, 9.17) is 4.74 Å². The molecular weight excluding hydrogens is 270 g/mol. The number of nitrogens with zero attached hydrogens (tertiary/aromatic N) is 5. The van der Waals surface area contributed by atoms with Gasteiger partial charge in [-0.15, -0.1) is 5.10 Å². The van der Waals surface area contributed by atoms with Crippen molar-refractivity contribution in [3.05, 3.63) is 42.4 Å². The molecule has 0 aliphatic heterocycles. The van der Waals surface area contributed by atoms with Crippen molar-refractivity contribution in [3.63, 3.8) is 0 Å². The van der Waals surface area contributed by atoms with Gasteiger partial charge in [-0.25, -0.2) is 14.3 Å². The molecule has 0 aromatic carbocycles. The predicted molar refractivity (Wildman–Crippen MR) is 74.6 cm³/mol. The van der Waals surface area contributed by atoms with E-state index in [9.17, 15) is 4.79 Å². The highest BCUT2D eigenvalue weighted by Gasteiger charge is 2.13. The SMILES string of the molecule is CCCOC(=O)c1ccn2nc(-c3ccccn3)nc2n1. The van der Waals surface area contributed by atoms with Crippen LogP contribution in [0.15, 0.2) is 36.7 Å². The van der Waals surface area contributed by atoms with E-state index in [1.54, 1.807) is 18.5 Å². The number of hydrogen-bond acceptors (Lipinski definition) is 6. The first-order chi connectivity index (χ1) is 10.3. The first-order valence-electron chi connectivity index (χ1n) is 6.60. The average Bonchev–Trinajstić information content (AvgIpc) is 2.96. The minimum atomic E-state index is -0.457. The van der Waals surface area contributed by atoms with Gasteiger partial charge in [-0.05, 0) is 24.6 Å². The van der Waals surface area contributed by atoms with Crippen molar-refractivity contribution in [3.8, 4) is 11.5 Å². The van der Waals surface area contributed by atoms with Crippen molar-refractivity contribution in [2.45, 2.75) is 13.3 Å². The number of ether oxygens (including phenoxy) is 1. The van der Waals surface area contributed by atoms with Gasteiger partial charge in [-0.3, -0.25) is 4.98 Å². The predicted octanol–water partition coefficient (Wildman–Crippen LogP) is 1.75. The Morgan fingerprint density at radius 3 is 2.95 bits per heavy atom. The molecule has 0 fully saturated rings. The van der Waals surface area contributed by atoms with E-state index in [1.165, 1.54) is 4.52 Å². The van der Waals surface area contributed by atoms with Crippen molar-refractivity contribution in [1.29, 1.82) is 0 Å². The second kappa shape index (κ2) is 5.66. The van der Waals surface area contributed by atoms with Gasteiger partial charge < -0.3 is 4.74 Å². The van der Waals surface area contributed by atoms with Crippen molar-refractivity contribution in [2.24, 2.45) is 0 Å². The molecule has 0 spiro atoms. The number of esters is 1. The third-order valence-corrected chi connectivity index (χ3v) is 2.75. The highest BCUT2D eigenvalue weighted by Crippen LogP contribution is 2.12. The molecule has 0 N–H and O–H groups in total. The number of aromatic nitrogens is 5. The molecular formula is C14H13N5O2. The number of pyridine rings is 1. The van der Waals surface area contributed by atoms with E-state index in [0.717, 1.165) is 6.42 Å². The molecule has 3 aromatic heterocycles. The lowest BCUT2D eigenvalue weighted by atomic mass is 10.3. The van der Waals surface area contributed by atoms with Crippen LogP contribution in [0.25, 0.3) is 17.3 Å². The molecule has 0 atom stereocenters. The number of hydrogen-bond donors (Lipinski definition) is 0. The van der Waals surface area contributed by atoms with Crippen LogP contribution < -0.4 is 0 Å². The zero-order chi connectivity index (χ0) is 14.7.